The molecule has 0 saturated carbocycles. The van der Waals surface area contributed by atoms with Gasteiger partial charge in [-0.2, -0.15) is 0 Å². The third-order valence-electron chi connectivity index (χ3n) is 2.09. The van der Waals surface area contributed by atoms with E-state index in [2.05, 4.69) is 5.32 Å². The zero-order valence-corrected chi connectivity index (χ0v) is 10.6. The highest BCUT2D eigenvalue weighted by molar-refractivity contribution is 7.85. The van der Waals surface area contributed by atoms with Crippen molar-refractivity contribution in [3.63, 3.8) is 0 Å². The van der Waals surface area contributed by atoms with Crippen molar-refractivity contribution >= 4 is 28.3 Å². The average Bonchev–Trinajstić information content (AvgIpc) is 2.29. The topological polar surface area (TPSA) is 46.2 Å². The Balaban J connectivity index is 2.41. The Kier molecular flexibility index (Phi) is 5.49. The average molecular weight is 260 g/mol. The van der Waals surface area contributed by atoms with Gasteiger partial charge in [0.2, 0.25) is 5.91 Å². The van der Waals surface area contributed by atoms with Crippen molar-refractivity contribution in [2.45, 2.75) is 17.7 Å². The number of carbonyl (C=O) groups is 1. The van der Waals surface area contributed by atoms with E-state index in [1.807, 2.05) is 0 Å². The summed E-state index contributed by atoms with van der Waals surface area (Å²) < 4.78 is 11.8. The minimum Gasteiger partial charge on any atom is -0.359 e. The fourth-order valence-corrected chi connectivity index (χ4v) is 2.40. The van der Waals surface area contributed by atoms with Crippen LogP contribution in [0.3, 0.4) is 0 Å². The van der Waals surface area contributed by atoms with Crippen LogP contribution in [0.25, 0.3) is 0 Å². The van der Waals surface area contributed by atoms with Crippen molar-refractivity contribution in [1.29, 1.82) is 0 Å². The molecule has 3 nitrogen and oxygen atoms in total. The standard InChI is InChI=1S/C11H14ClNO2S/c1-13-11(14)3-2-8-16(15)10-6-4-9(12)5-7-10/h4-7H,2-3,8H2,1H3,(H,13,14). The molecule has 0 aliphatic heterocycles. The summed E-state index contributed by atoms with van der Waals surface area (Å²) in [7, 11) is 0.547. The lowest BCUT2D eigenvalue weighted by atomic mass is 10.3. The van der Waals surface area contributed by atoms with Crippen LogP contribution in [0.4, 0.5) is 0 Å². The molecule has 0 heterocycles. The number of carbonyl (C=O) groups excluding carboxylic acids is 1. The number of halogens is 1. The lowest BCUT2D eigenvalue weighted by Crippen LogP contribution is -2.17. The van der Waals surface area contributed by atoms with Crippen molar-refractivity contribution in [3.05, 3.63) is 29.3 Å². The van der Waals surface area contributed by atoms with Gasteiger partial charge in [0, 0.05) is 29.1 Å². The van der Waals surface area contributed by atoms with Crippen molar-refractivity contribution in [1.82, 2.24) is 5.32 Å². The first-order valence-corrected chi connectivity index (χ1v) is 6.67. The second kappa shape index (κ2) is 6.66. The zero-order chi connectivity index (χ0) is 12.0. The second-order valence-electron chi connectivity index (χ2n) is 3.28. The summed E-state index contributed by atoms with van der Waals surface area (Å²) in [5.41, 5.74) is 0. The Morgan fingerprint density at radius 3 is 2.56 bits per heavy atom. The van der Waals surface area contributed by atoms with Crippen LogP contribution < -0.4 is 5.32 Å². The van der Waals surface area contributed by atoms with Gasteiger partial charge in [0.15, 0.2) is 0 Å². The van der Waals surface area contributed by atoms with Gasteiger partial charge in [0.05, 0.1) is 10.8 Å². The molecule has 1 aromatic carbocycles. The Morgan fingerprint density at radius 1 is 1.38 bits per heavy atom. The number of rotatable bonds is 5. The fourth-order valence-electron chi connectivity index (χ4n) is 1.19. The smallest absolute Gasteiger partial charge is 0.219 e. The molecule has 0 bridgehead atoms. The van der Waals surface area contributed by atoms with Crippen molar-refractivity contribution in [2.24, 2.45) is 0 Å². The van der Waals surface area contributed by atoms with Crippen molar-refractivity contribution in [3.8, 4) is 0 Å². The van der Waals surface area contributed by atoms with Crippen LogP contribution >= 0.6 is 11.6 Å². The molecule has 0 fully saturated rings. The summed E-state index contributed by atoms with van der Waals surface area (Å²) >= 11 is 5.73. The predicted octanol–water partition coefficient (Wildman–Crippen LogP) is 1.97. The van der Waals surface area contributed by atoms with Gasteiger partial charge in [-0.05, 0) is 30.7 Å². The van der Waals surface area contributed by atoms with Gasteiger partial charge < -0.3 is 5.32 Å². The Morgan fingerprint density at radius 2 is 2.00 bits per heavy atom. The van der Waals surface area contributed by atoms with Crippen molar-refractivity contribution in [2.75, 3.05) is 12.8 Å². The Hall–Kier alpha value is -0.870. The Bertz CT molecular complexity index is 378. The van der Waals surface area contributed by atoms with Crippen LogP contribution in [0.2, 0.25) is 5.02 Å². The summed E-state index contributed by atoms with van der Waals surface area (Å²) in [4.78, 5) is 11.7. The van der Waals surface area contributed by atoms with Gasteiger partial charge in [0.1, 0.15) is 0 Å². The highest BCUT2D eigenvalue weighted by atomic mass is 35.5. The minimum atomic E-state index is -1.05. The number of nitrogens with one attached hydrogen (secondary N) is 1. The number of amides is 1. The molecule has 16 heavy (non-hydrogen) atoms. The minimum absolute atomic E-state index is 0.0203. The molecular formula is C11H14ClNO2S. The summed E-state index contributed by atoms with van der Waals surface area (Å²) in [6, 6.07) is 6.93. The molecule has 0 aromatic heterocycles. The van der Waals surface area contributed by atoms with Gasteiger partial charge in [-0.1, -0.05) is 11.6 Å². The van der Waals surface area contributed by atoms with Gasteiger partial charge in [-0.15, -0.1) is 0 Å². The molecular weight excluding hydrogens is 246 g/mol. The third kappa shape index (κ3) is 4.33. The maximum atomic E-state index is 11.8. The predicted molar refractivity (Wildman–Crippen MR) is 66.0 cm³/mol. The molecule has 0 aliphatic rings. The molecule has 1 unspecified atom stereocenters. The highest BCUT2D eigenvalue weighted by Gasteiger charge is 2.05. The molecule has 0 radical (unpaired) electrons. The lowest BCUT2D eigenvalue weighted by molar-refractivity contribution is -0.120. The number of benzene rings is 1. The van der Waals surface area contributed by atoms with Crippen LogP contribution in [0.1, 0.15) is 12.8 Å². The normalized spacial score (nSPS) is 12.1. The summed E-state index contributed by atoms with van der Waals surface area (Å²) in [6.45, 7) is 0. The van der Waals surface area contributed by atoms with Gasteiger partial charge in [0.25, 0.3) is 0 Å². The van der Waals surface area contributed by atoms with E-state index < -0.39 is 10.8 Å². The van der Waals surface area contributed by atoms with Crippen LogP contribution in [0, 0.1) is 0 Å². The molecule has 1 amide bonds. The molecule has 5 heteroatoms. The first-order chi connectivity index (χ1) is 7.63. The highest BCUT2D eigenvalue weighted by Crippen LogP contribution is 2.13. The molecule has 1 N–H and O–H groups in total. The molecule has 0 spiro atoms. The third-order valence-corrected chi connectivity index (χ3v) is 3.80. The van der Waals surface area contributed by atoms with E-state index in [9.17, 15) is 9.00 Å². The van der Waals surface area contributed by atoms with Crippen LogP contribution in [0.5, 0.6) is 0 Å². The molecule has 1 atom stereocenters. The maximum Gasteiger partial charge on any atom is 0.219 e. The second-order valence-corrected chi connectivity index (χ2v) is 5.29. The van der Waals surface area contributed by atoms with Gasteiger partial charge in [-0.25, -0.2) is 0 Å². The van der Waals surface area contributed by atoms with Crippen LogP contribution in [-0.2, 0) is 15.6 Å². The van der Waals surface area contributed by atoms with E-state index in [4.69, 9.17) is 11.6 Å². The maximum absolute atomic E-state index is 11.8. The van der Waals surface area contributed by atoms with Crippen LogP contribution in [0.15, 0.2) is 29.2 Å². The summed E-state index contributed by atoms with van der Waals surface area (Å²) in [5, 5.41) is 3.16. The number of hydrogen-bond donors (Lipinski definition) is 1. The first-order valence-electron chi connectivity index (χ1n) is 4.98. The van der Waals surface area contributed by atoms with E-state index in [-0.39, 0.29) is 5.91 Å². The van der Waals surface area contributed by atoms with E-state index >= 15 is 0 Å². The monoisotopic (exact) mass is 259 g/mol. The number of hydrogen-bond acceptors (Lipinski definition) is 2. The molecule has 0 aliphatic carbocycles. The lowest BCUT2D eigenvalue weighted by Gasteiger charge is -2.02. The quantitative estimate of drug-likeness (QED) is 0.879. The molecule has 0 saturated heterocycles. The molecule has 1 rings (SSSR count). The largest absolute Gasteiger partial charge is 0.359 e. The van der Waals surface area contributed by atoms with E-state index in [0.29, 0.717) is 23.6 Å². The van der Waals surface area contributed by atoms with Crippen LogP contribution in [-0.4, -0.2) is 22.9 Å². The van der Waals surface area contributed by atoms with E-state index in [1.165, 1.54) is 0 Å². The molecule has 88 valence electrons. The summed E-state index contributed by atoms with van der Waals surface area (Å²) in [5.74, 6) is 0.475. The Labute approximate surface area is 103 Å². The first kappa shape index (κ1) is 13.2. The van der Waals surface area contributed by atoms with E-state index in [1.54, 1.807) is 31.3 Å². The summed E-state index contributed by atoms with van der Waals surface area (Å²) in [6.07, 6.45) is 1.03. The zero-order valence-electron chi connectivity index (χ0n) is 9.03. The van der Waals surface area contributed by atoms with Gasteiger partial charge in [-0.3, -0.25) is 9.00 Å². The van der Waals surface area contributed by atoms with E-state index in [0.717, 1.165) is 4.90 Å². The molecule has 1 aromatic rings. The fraction of sp³-hybridized carbons (Fsp3) is 0.364. The van der Waals surface area contributed by atoms with Crippen molar-refractivity contribution < 1.29 is 9.00 Å². The SMILES string of the molecule is CNC(=O)CCCS(=O)c1ccc(Cl)cc1. The van der Waals surface area contributed by atoms with Gasteiger partial charge >= 0.3 is 0 Å².